The lowest BCUT2D eigenvalue weighted by atomic mass is 9.98. The van der Waals surface area contributed by atoms with Gasteiger partial charge in [0.2, 0.25) is 0 Å². The molecule has 1 rings (SSSR count). The minimum atomic E-state index is -0.303. The first-order valence-corrected chi connectivity index (χ1v) is 4.99. The molecular formula is C11H13ClN2O. The molecule has 0 unspecified atom stereocenters. The number of aromatic nitrogens is 2. The second-order valence-electron chi connectivity index (χ2n) is 4.20. The first-order chi connectivity index (χ1) is 6.90. The van der Waals surface area contributed by atoms with E-state index in [4.69, 9.17) is 11.6 Å². The summed E-state index contributed by atoms with van der Waals surface area (Å²) in [7, 11) is 0. The van der Waals surface area contributed by atoms with E-state index in [0.29, 0.717) is 6.54 Å². The number of hydrogen-bond acceptors (Lipinski definition) is 2. The molecule has 0 bridgehead atoms. The summed E-state index contributed by atoms with van der Waals surface area (Å²) >= 11 is 5.59. The third-order valence-electron chi connectivity index (χ3n) is 1.58. The third kappa shape index (κ3) is 3.77. The zero-order chi connectivity index (χ0) is 11.5. The summed E-state index contributed by atoms with van der Waals surface area (Å²) in [5.74, 6) is 5.98. The highest BCUT2D eigenvalue weighted by atomic mass is 35.5. The average molecular weight is 225 g/mol. The SMILES string of the molecule is CC(C)(C)C#CCn1ccnc(Cl)c1=O. The highest BCUT2D eigenvalue weighted by Gasteiger charge is 2.03. The van der Waals surface area contributed by atoms with Crippen LogP contribution in [-0.2, 0) is 6.54 Å². The van der Waals surface area contributed by atoms with Crippen LogP contribution in [0.25, 0.3) is 0 Å². The van der Waals surface area contributed by atoms with Crippen molar-refractivity contribution in [2.75, 3.05) is 0 Å². The lowest BCUT2D eigenvalue weighted by Crippen LogP contribution is -2.20. The van der Waals surface area contributed by atoms with Crippen LogP contribution in [0.1, 0.15) is 20.8 Å². The highest BCUT2D eigenvalue weighted by molar-refractivity contribution is 6.29. The van der Waals surface area contributed by atoms with Crippen molar-refractivity contribution >= 4 is 11.6 Å². The van der Waals surface area contributed by atoms with E-state index in [-0.39, 0.29) is 16.1 Å². The van der Waals surface area contributed by atoms with Crippen molar-refractivity contribution in [3.8, 4) is 11.8 Å². The number of halogens is 1. The monoisotopic (exact) mass is 224 g/mol. The zero-order valence-corrected chi connectivity index (χ0v) is 9.80. The van der Waals surface area contributed by atoms with Crippen LogP contribution in [0.5, 0.6) is 0 Å². The van der Waals surface area contributed by atoms with Crippen LogP contribution < -0.4 is 5.56 Å². The van der Waals surface area contributed by atoms with Crippen LogP contribution in [0.3, 0.4) is 0 Å². The molecule has 0 aromatic carbocycles. The van der Waals surface area contributed by atoms with Gasteiger partial charge in [-0.1, -0.05) is 23.4 Å². The Labute approximate surface area is 94.1 Å². The molecule has 0 N–H and O–H groups in total. The summed E-state index contributed by atoms with van der Waals surface area (Å²) in [6.45, 7) is 6.39. The lowest BCUT2D eigenvalue weighted by Gasteiger charge is -2.07. The van der Waals surface area contributed by atoms with Crippen molar-refractivity contribution in [2.24, 2.45) is 5.41 Å². The van der Waals surface area contributed by atoms with Crippen molar-refractivity contribution in [3.05, 3.63) is 27.9 Å². The van der Waals surface area contributed by atoms with E-state index >= 15 is 0 Å². The van der Waals surface area contributed by atoms with Crippen LogP contribution in [0, 0.1) is 17.3 Å². The molecule has 15 heavy (non-hydrogen) atoms. The number of nitrogens with zero attached hydrogens (tertiary/aromatic N) is 2. The molecule has 1 aromatic rings. The lowest BCUT2D eigenvalue weighted by molar-refractivity contribution is 0.569. The standard InChI is InChI=1S/C11H13ClN2O/c1-11(2,3)5-4-7-14-8-6-13-9(12)10(14)15/h6,8H,7H2,1-3H3. The summed E-state index contributed by atoms with van der Waals surface area (Å²) in [6, 6.07) is 0. The molecule has 0 aliphatic heterocycles. The molecule has 1 heterocycles. The largest absolute Gasteiger partial charge is 0.300 e. The van der Waals surface area contributed by atoms with Gasteiger partial charge in [-0.2, -0.15) is 0 Å². The van der Waals surface area contributed by atoms with Crippen molar-refractivity contribution in [1.82, 2.24) is 9.55 Å². The van der Waals surface area contributed by atoms with E-state index in [9.17, 15) is 4.79 Å². The van der Waals surface area contributed by atoms with E-state index in [2.05, 4.69) is 16.8 Å². The van der Waals surface area contributed by atoms with Gasteiger partial charge in [0.05, 0.1) is 6.54 Å². The van der Waals surface area contributed by atoms with Gasteiger partial charge in [0, 0.05) is 17.8 Å². The van der Waals surface area contributed by atoms with Crippen molar-refractivity contribution in [1.29, 1.82) is 0 Å². The van der Waals surface area contributed by atoms with Crippen LogP contribution >= 0.6 is 11.6 Å². The summed E-state index contributed by atoms with van der Waals surface area (Å²) < 4.78 is 1.44. The molecule has 0 radical (unpaired) electrons. The van der Waals surface area contributed by atoms with Crippen molar-refractivity contribution < 1.29 is 0 Å². The Hall–Kier alpha value is -1.27. The van der Waals surface area contributed by atoms with Crippen LogP contribution in [0.4, 0.5) is 0 Å². The third-order valence-corrected chi connectivity index (χ3v) is 1.84. The summed E-state index contributed by atoms with van der Waals surface area (Å²) in [4.78, 5) is 15.1. The highest BCUT2D eigenvalue weighted by Crippen LogP contribution is 2.09. The fraction of sp³-hybridized carbons (Fsp3) is 0.455. The Balaban J connectivity index is 2.87. The molecule has 0 aliphatic carbocycles. The molecule has 0 amide bonds. The molecule has 0 aliphatic rings. The molecule has 1 aromatic heterocycles. The van der Waals surface area contributed by atoms with E-state index in [1.165, 1.54) is 10.8 Å². The number of rotatable bonds is 1. The first kappa shape index (κ1) is 11.8. The van der Waals surface area contributed by atoms with Gasteiger partial charge in [-0.3, -0.25) is 9.36 Å². The van der Waals surface area contributed by atoms with Gasteiger partial charge in [0.15, 0.2) is 5.15 Å². The Bertz CT molecular complexity index is 460. The zero-order valence-electron chi connectivity index (χ0n) is 9.04. The van der Waals surface area contributed by atoms with Crippen LogP contribution in [0.15, 0.2) is 17.2 Å². The average Bonchev–Trinajstić information content (AvgIpc) is 2.10. The maximum absolute atomic E-state index is 11.4. The maximum Gasteiger partial charge on any atom is 0.289 e. The number of hydrogen-bond donors (Lipinski definition) is 0. The van der Waals surface area contributed by atoms with E-state index in [1.807, 2.05) is 20.8 Å². The topological polar surface area (TPSA) is 34.9 Å². The van der Waals surface area contributed by atoms with E-state index in [1.54, 1.807) is 6.20 Å². The molecule has 80 valence electrons. The van der Waals surface area contributed by atoms with Gasteiger partial charge in [-0.05, 0) is 20.8 Å². The van der Waals surface area contributed by atoms with Gasteiger partial charge in [-0.15, -0.1) is 0 Å². The second-order valence-corrected chi connectivity index (χ2v) is 4.56. The maximum atomic E-state index is 11.4. The quantitative estimate of drug-likeness (QED) is 0.684. The molecular weight excluding hydrogens is 212 g/mol. The fourth-order valence-corrected chi connectivity index (χ4v) is 1.10. The predicted octanol–water partition coefficient (Wildman–Crippen LogP) is 1.95. The molecule has 0 fully saturated rings. The van der Waals surface area contributed by atoms with Gasteiger partial charge in [-0.25, -0.2) is 4.98 Å². The van der Waals surface area contributed by atoms with E-state index in [0.717, 1.165) is 0 Å². The summed E-state index contributed by atoms with van der Waals surface area (Å²) in [5, 5.41) is -0.0185. The Morgan fingerprint density at radius 1 is 1.53 bits per heavy atom. The Kier molecular flexibility index (Phi) is 3.54. The minimum Gasteiger partial charge on any atom is -0.300 e. The van der Waals surface area contributed by atoms with Gasteiger partial charge in [0.25, 0.3) is 5.56 Å². The van der Waals surface area contributed by atoms with Gasteiger partial charge >= 0.3 is 0 Å². The second kappa shape index (κ2) is 4.50. The van der Waals surface area contributed by atoms with Gasteiger partial charge in [0.1, 0.15) is 0 Å². The van der Waals surface area contributed by atoms with Crippen molar-refractivity contribution in [3.63, 3.8) is 0 Å². The Morgan fingerprint density at radius 3 is 2.80 bits per heavy atom. The first-order valence-electron chi connectivity index (χ1n) is 4.61. The molecule has 4 heteroatoms. The molecule has 0 saturated carbocycles. The van der Waals surface area contributed by atoms with Gasteiger partial charge < -0.3 is 0 Å². The molecule has 0 spiro atoms. The summed E-state index contributed by atoms with van der Waals surface area (Å²) in [6.07, 6.45) is 3.06. The predicted molar refractivity (Wildman–Crippen MR) is 60.7 cm³/mol. The molecule has 3 nitrogen and oxygen atoms in total. The normalized spacial score (nSPS) is 10.7. The smallest absolute Gasteiger partial charge is 0.289 e. The fourth-order valence-electron chi connectivity index (χ4n) is 0.935. The van der Waals surface area contributed by atoms with Crippen LogP contribution in [0.2, 0.25) is 5.15 Å². The Morgan fingerprint density at radius 2 is 2.20 bits per heavy atom. The summed E-state index contributed by atoms with van der Waals surface area (Å²) in [5.41, 5.74) is -0.358. The molecule has 0 saturated heterocycles. The van der Waals surface area contributed by atoms with E-state index < -0.39 is 0 Å². The molecule has 0 atom stereocenters. The van der Waals surface area contributed by atoms with Crippen molar-refractivity contribution in [2.45, 2.75) is 27.3 Å². The van der Waals surface area contributed by atoms with Crippen LogP contribution in [-0.4, -0.2) is 9.55 Å². The minimum absolute atomic E-state index is 0.0185.